The van der Waals surface area contributed by atoms with Gasteiger partial charge >= 0.3 is 0 Å². The molecule has 0 spiro atoms. The second kappa shape index (κ2) is 5.44. The second-order valence-electron chi connectivity index (χ2n) is 6.17. The summed E-state index contributed by atoms with van der Waals surface area (Å²) in [7, 11) is 0. The van der Waals surface area contributed by atoms with Gasteiger partial charge in [0.2, 0.25) is 0 Å². The molecule has 0 aromatic heterocycles. The first kappa shape index (κ1) is 12.2. The minimum atomic E-state index is -0.0798. The summed E-state index contributed by atoms with van der Waals surface area (Å²) in [5.74, 6) is 1.41. The van der Waals surface area contributed by atoms with E-state index >= 15 is 0 Å². The van der Waals surface area contributed by atoms with Gasteiger partial charge in [-0.05, 0) is 55.1 Å². The van der Waals surface area contributed by atoms with Gasteiger partial charge in [0.05, 0.1) is 6.10 Å². The van der Waals surface area contributed by atoms with E-state index in [1.165, 1.54) is 49.7 Å². The van der Waals surface area contributed by atoms with Crippen LogP contribution in [-0.4, -0.2) is 11.2 Å². The molecule has 2 unspecified atom stereocenters. The molecule has 1 aromatic rings. The molecule has 18 heavy (non-hydrogen) atoms. The second-order valence-corrected chi connectivity index (χ2v) is 6.17. The summed E-state index contributed by atoms with van der Waals surface area (Å²) in [6, 6.07) is 9.29. The summed E-state index contributed by atoms with van der Waals surface area (Å²) in [5, 5.41) is 9.91. The minimum absolute atomic E-state index is 0.0798. The Bertz CT molecular complexity index is 377. The summed E-state index contributed by atoms with van der Waals surface area (Å²) in [6.07, 6.45) is 9.75. The fraction of sp³-hybridized carbons (Fsp3) is 0.647. The van der Waals surface area contributed by atoms with E-state index in [1.807, 2.05) is 0 Å². The fourth-order valence-electron chi connectivity index (χ4n) is 3.42. The lowest BCUT2D eigenvalue weighted by molar-refractivity contribution is 0.152. The van der Waals surface area contributed by atoms with Crippen LogP contribution >= 0.6 is 0 Å². The zero-order valence-electron chi connectivity index (χ0n) is 11.1. The van der Waals surface area contributed by atoms with Crippen molar-refractivity contribution in [2.24, 2.45) is 0 Å². The van der Waals surface area contributed by atoms with Crippen LogP contribution < -0.4 is 0 Å². The number of aliphatic hydroxyl groups is 1. The number of rotatable bonds is 2. The predicted octanol–water partition coefficient (Wildman–Crippen LogP) is 4.36. The molecule has 0 saturated heterocycles. The quantitative estimate of drug-likeness (QED) is 0.766. The minimum Gasteiger partial charge on any atom is -0.393 e. The molecule has 0 amide bonds. The van der Waals surface area contributed by atoms with E-state index in [1.54, 1.807) is 0 Å². The lowest BCUT2D eigenvalue weighted by Crippen LogP contribution is -2.10. The Hall–Kier alpha value is -0.820. The highest BCUT2D eigenvalue weighted by Crippen LogP contribution is 2.38. The monoisotopic (exact) mass is 244 g/mol. The zero-order chi connectivity index (χ0) is 12.4. The van der Waals surface area contributed by atoms with Crippen molar-refractivity contribution in [3.05, 3.63) is 35.4 Å². The third-order valence-electron chi connectivity index (χ3n) is 4.88. The van der Waals surface area contributed by atoms with E-state index in [0.717, 1.165) is 18.8 Å². The molecular formula is C17H24O. The molecule has 98 valence electrons. The van der Waals surface area contributed by atoms with Gasteiger partial charge in [0.15, 0.2) is 0 Å². The normalized spacial score (nSPS) is 29.6. The highest BCUT2D eigenvalue weighted by molar-refractivity contribution is 5.29. The molecule has 1 heteroatoms. The Morgan fingerprint density at radius 2 is 1.28 bits per heavy atom. The van der Waals surface area contributed by atoms with Gasteiger partial charge in [-0.25, -0.2) is 0 Å². The molecule has 0 aliphatic heterocycles. The molecule has 2 atom stereocenters. The van der Waals surface area contributed by atoms with E-state index in [0.29, 0.717) is 5.92 Å². The molecule has 1 nitrogen and oxygen atoms in total. The van der Waals surface area contributed by atoms with Crippen molar-refractivity contribution in [1.82, 2.24) is 0 Å². The van der Waals surface area contributed by atoms with E-state index < -0.39 is 0 Å². The van der Waals surface area contributed by atoms with E-state index in [2.05, 4.69) is 24.3 Å². The number of benzene rings is 1. The van der Waals surface area contributed by atoms with E-state index in [-0.39, 0.29) is 6.10 Å². The van der Waals surface area contributed by atoms with Gasteiger partial charge in [0, 0.05) is 0 Å². The molecular weight excluding hydrogens is 220 g/mol. The Kier molecular flexibility index (Phi) is 3.69. The Morgan fingerprint density at radius 3 is 1.89 bits per heavy atom. The SMILES string of the molecule is OC1CCCCC(c2ccc(C3CCC3)cc2)C1. The van der Waals surface area contributed by atoms with Gasteiger partial charge in [-0.3, -0.25) is 0 Å². The third kappa shape index (κ3) is 2.61. The lowest BCUT2D eigenvalue weighted by atomic mass is 9.79. The first-order valence-electron chi connectivity index (χ1n) is 7.61. The van der Waals surface area contributed by atoms with Crippen LogP contribution in [0.25, 0.3) is 0 Å². The third-order valence-corrected chi connectivity index (χ3v) is 4.88. The van der Waals surface area contributed by atoms with Gasteiger partial charge in [0.25, 0.3) is 0 Å². The van der Waals surface area contributed by atoms with Crippen molar-refractivity contribution >= 4 is 0 Å². The Labute approximate surface area is 110 Å². The standard InChI is InChI=1S/C17H24O/c18-17-7-2-1-4-16(12-17)15-10-8-14(9-11-15)13-5-3-6-13/h8-11,13,16-18H,1-7,12H2. The molecule has 0 radical (unpaired) electrons. The van der Waals surface area contributed by atoms with Crippen molar-refractivity contribution in [2.75, 3.05) is 0 Å². The zero-order valence-corrected chi connectivity index (χ0v) is 11.1. The van der Waals surface area contributed by atoms with Crippen LogP contribution in [0.1, 0.15) is 74.3 Å². The maximum atomic E-state index is 9.91. The lowest BCUT2D eigenvalue weighted by Gasteiger charge is -2.26. The Morgan fingerprint density at radius 1 is 0.722 bits per heavy atom. The smallest absolute Gasteiger partial charge is 0.0546 e. The molecule has 2 aliphatic carbocycles. The van der Waals surface area contributed by atoms with Crippen LogP contribution in [0.3, 0.4) is 0 Å². The van der Waals surface area contributed by atoms with Crippen molar-refractivity contribution in [3.63, 3.8) is 0 Å². The van der Waals surface area contributed by atoms with Gasteiger partial charge in [-0.1, -0.05) is 43.5 Å². The number of hydrogen-bond donors (Lipinski definition) is 1. The van der Waals surface area contributed by atoms with E-state index in [9.17, 15) is 5.11 Å². The van der Waals surface area contributed by atoms with Gasteiger partial charge < -0.3 is 5.11 Å². The molecule has 0 heterocycles. The molecule has 2 aliphatic rings. The van der Waals surface area contributed by atoms with Crippen LogP contribution in [-0.2, 0) is 0 Å². The van der Waals surface area contributed by atoms with Crippen molar-refractivity contribution in [3.8, 4) is 0 Å². The predicted molar refractivity (Wildman–Crippen MR) is 74.9 cm³/mol. The van der Waals surface area contributed by atoms with Gasteiger partial charge in [-0.2, -0.15) is 0 Å². The van der Waals surface area contributed by atoms with Crippen LogP contribution in [0.15, 0.2) is 24.3 Å². The first-order valence-corrected chi connectivity index (χ1v) is 7.61. The summed E-state index contributed by atoms with van der Waals surface area (Å²) < 4.78 is 0. The van der Waals surface area contributed by atoms with E-state index in [4.69, 9.17) is 0 Å². The summed E-state index contributed by atoms with van der Waals surface area (Å²) in [6.45, 7) is 0. The average molecular weight is 244 g/mol. The topological polar surface area (TPSA) is 20.2 Å². The van der Waals surface area contributed by atoms with Crippen LogP contribution in [0.2, 0.25) is 0 Å². The largest absolute Gasteiger partial charge is 0.393 e. The molecule has 2 fully saturated rings. The molecule has 1 N–H and O–H groups in total. The Balaban J connectivity index is 1.70. The molecule has 3 rings (SSSR count). The van der Waals surface area contributed by atoms with Gasteiger partial charge in [-0.15, -0.1) is 0 Å². The van der Waals surface area contributed by atoms with Gasteiger partial charge in [0.1, 0.15) is 0 Å². The number of hydrogen-bond acceptors (Lipinski definition) is 1. The summed E-state index contributed by atoms with van der Waals surface area (Å²) in [5.41, 5.74) is 2.97. The molecule has 2 saturated carbocycles. The first-order chi connectivity index (χ1) is 8.83. The van der Waals surface area contributed by atoms with Crippen LogP contribution in [0.4, 0.5) is 0 Å². The highest BCUT2D eigenvalue weighted by atomic mass is 16.3. The van der Waals surface area contributed by atoms with Crippen LogP contribution in [0.5, 0.6) is 0 Å². The van der Waals surface area contributed by atoms with Crippen LogP contribution in [0, 0.1) is 0 Å². The maximum absolute atomic E-state index is 9.91. The molecule has 1 aromatic carbocycles. The highest BCUT2D eigenvalue weighted by Gasteiger charge is 2.22. The maximum Gasteiger partial charge on any atom is 0.0546 e. The number of aliphatic hydroxyl groups excluding tert-OH is 1. The summed E-state index contributed by atoms with van der Waals surface area (Å²) in [4.78, 5) is 0. The van der Waals surface area contributed by atoms with Crippen molar-refractivity contribution < 1.29 is 5.11 Å². The average Bonchev–Trinajstić information content (AvgIpc) is 2.53. The summed E-state index contributed by atoms with van der Waals surface area (Å²) >= 11 is 0. The van der Waals surface area contributed by atoms with Crippen molar-refractivity contribution in [2.45, 2.75) is 69.3 Å². The fourth-order valence-corrected chi connectivity index (χ4v) is 3.42. The molecule has 0 bridgehead atoms. The van der Waals surface area contributed by atoms with Crippen molar-refractivity contribution in [1.29, 1.82) is 0 Å².